The van der Waals surface area contributed by atoms with Crippen LogP contribution in [0.15, 0.2) is 5.16 Å². The summed E-state index contributed by atoms with van der Waals surface area (Å²) in [7, 11) is 1.81. The van der Waals surface area contributed by atoms with Crippen molar-refractivity contribution in [1.29, 1.82) is 0 Å². The average molecular weight is 266 g/mol. The fourth-order valence-corrected chi connectivity index (χ4v) is 5.05. The molecule has 2 bridgehead atoms. The Labute approximate surface area is 111 Å². The first-order valence-electron chi connectivity index (χ1n) is 6.30. The Hall–Kier alpha value is -0.910. The number of tetrazole rings is 1. The third-order valence-electron chi connectivity index (χ3n) is 5.28. The van der Waals surface area contributed by atoms with E-state index in [-0.39, 0.29) is 22.0 Å². The molecule has 0 saturated heterocycles. The zero-order chi connectivity index (χ0) is 13.1. The van der Waals surface area contributed by atoms with Gasteiger partial charge in [-0.1, -0.05) is 32.5 Å². The van der Waals surface area contributed by atoms with Gasteiger partial charge >= 0.3 is 0 Å². The van der Waals surface area contributed by atoms with E-state index < -0.39 is 0 Å². The van der Waals surface area contributed by atoms with Gasteiger partial charge in [0.2, 0.25) is 5.16 Å². The number of ketones is 1. The molecule has 3 rings (SSSR count). The average Bonchev–Trinajstić information content (AvgIpc) is 2.82. The van der Waals surface area contributed by atoms with Gasteiger partial charge in [-0.3, -0.25) is 4.79 Å². The summed E-state index contributed by atoms with van der Waals surface area (Å²) in [5.74, 6) is 0.600. The van der Waals surface area contributed by atoms with E-state index in [0.717, 1.165) is 18.0 Å². The minimum absolute atomic E-state index is 0.00375. The van der Waals surface area contributed by atoms with E-state index in [1.165, 1.54) is 11.8 Å². The number of hydrogen-bond donors (Lipinski definition) is 0. The third kappa shape index (κ3) is 1.30. The zero-order valence-electron chi connectivity index (χ0n) is 11.2. The van der Waals surface area contributed by atoms with Crippen molar-refractivity contribution in [3.63, 3.8) is 0 Å². The molecule has 0 aliphatic heterocycles. The van der Waals surface area contributed by atoms with Gasteiger partial charge < -0.3 is 0 Å². The molecule has 5 nitrogen and oxygen atoms in total. The number of thioether (sulfide) groups is 1. The molecule has 2 saturated carbocycles. The van der Waals surface area contributed by atoms with Gasteiger partial charge in [0.1, 0.15) is 5.78 Å². The second-order valence-electron chi connectivity index (χ2n) is 6.22. The smallest absolute Gasteiger partial charge is 0.209 e. The third-order valence-corrected chi connectivity index (χ3v) is 6.83. The number of fused-ring (bicyclic) bond motifs is 2. The molecule has 0 amide bonds. The van der Waals surface area contributed by atoms with Crippen LogP contribution in [0.4, 0.5) is 0 Å². The molecule has 0 spiro atoms. The van der Waals surface area contributed by atoms with Gasteiger partial charge in [-0.15, -0.1) is 5.10 Å². The number of aromatic nitrogens is 4. The van der Waals surface area contributed by atoms with E-state index in [1.54, 1.807) is 4.68 Å². The Kier molecular flexibility index (Phi) is 2.40. The van der Waals surface area contributed by atoms with Crippen LogP contribution >= 0.6 is 11.8 Å². The summed E-state index contributed by atoms with van der Waals surface area (Å²) < 4.78 is 1.64. The molecule has 1 aromatic rings. The lowest BCUT2D eigenvalue weighted by atomic mass is 9.71. The summed E-state index contributed by atoms with van der Waals surface area (Å²) in [6.45, 7) is 6.72. The number of Topliss-reactive ketones (excluding diaryl/α,β-unsaturated/α-hetero) is 1. The lowest BCUT2D eigenvalue weighted by Crippen LogP contribution is -2.35. The van der Waals surface area contributed by atoms with Crippen LogP contribution < -0.4 is 0 Å². The Morgan fingerprint density at radius 3 is 2.61 bits per heavy atom. The van der Waals surface area contributed by atoms with Crippen LogP contribution in [-0.4, -0.2) is 31.2 Å². The topological polar surface area (TPSA) is 60.7 Å². The van der Waals surface area contributed by atoms with E-state index >= 15 is 0 Å². The molecular formula is C12H18N4OS. The van der Waals surface area contributed by atoms with E-state index in [2.05, 4.69) is 36.3 Å². The Morgan fingerprint density at radius 2 is 2.11 bits per heavy atom. The molecule has 1 aromatic heterocycles. The first-order valence-corrected chi connectivity index (χ1v) is 7.18. The summed E-state index contributed by atoms with van der Waals surface area (Å²) in [6, 6.07) is 0. The predicted octanol–water partition coefficient (Wildman–Crippen LogP) is 1.70. The lowest BCUT2D eigenvalue weighted by molar-refractivity contribution is -0.122. The normalized spacial score (nSPS) is 37.4. The van der Waals surface area contributed by atoms with Crippen LogP contribution in [0, 0.1) is 16.7 Å². The Morgan fingerprint density at radius 1 is 1.39 bits per heavy atom. The van der Waals surface area contributed by atoms with Crippen molar-refractivity contribution in [3.8, 4) is 0 Å². The minimum atomic E-state index is -0.00375. The van der Waals surface area contributed by atoms with Crippen molar-refractivity contribution in [2.24, 2.45) is 23.8 Å². The van der Waals surface area contributed by atoms with Gasteiger partial charge in [0.05, 0.1) is 5.25 Å². The number of aryl methyl sites for hydroxylation is 1. The summed E-state index contributed by atoms with van der Waals surface area (Å²) in [6.07, 6.45) is 2.16. The lowest BCUT2D eigenvalue weighted by Gasteiger charge is -2.37. The molecule has 1 heterocycles. The highest BCUT2D eigenvalue weighted by Gasteiger charge is 2.66. The first kappa shape index (κ1) is 12.1. The molecule has 18 heavy (non-hydrogen) atoms. The van der Waals surface area contributed by atoms with Gasteiger partial charge in [0.15, 0.2) is 0 Å². The fourth-order valence-electron chi connectivity index (χ4n) is 3.60. The van der Waals surface area contributed by atoms with Gasteiger partial charge in [-0.2, -0.15) is 0 Å². The molecule has 0 aromatic carbocycles. The van der Waals surface area contributed by atoms with E-state index in [9.17, 15) is 4.79 Å². The monoisotopic (exact) mass is 266 g/mol. The van der Waals surface area contributed by atoms with Crippen LogP contribution in [0.1, 0.15) is 33.6 Å². The maximum Gasteiger partial charge on any atom is 0.209 e. The summed E-state index contributed by atoms with van der Waals surface area (Å²) in [5, 5.41) is 12.2. The summed E-state index contributed by atoms with van der Waals surface area (Å²) in [5.41, 5.74) is 0.152. The fraction of sp³-hybridized carbons (Fsp3) is 0.833. The molecule has 2 fully saturated rings. The largest absolute Gasteiger partial charge is 0.298 e. The maximum absolute atomic E-state index is 12.5. The molecule has 0 N–H and O–H groups in total. The molecule has 3 atom stereocenters. The second-order valence-corrected chi connectivity index (χ2v) is 7.29. The molecule has 6 heteroatoms. The molecule has 98 valence electrons. The van der Waals surface area contributed by atoms with Crippen LogP contribution in [-0.2, 0) is 11.8 Å². The second kappa shape index (κ2) is 3.56. The SMILES string of the molecule is Cn1nnnc1S[C@@H]1C(=O)[C@H]2CC[C@]1(C)C2(C)C. The van der Waals surface area contributed by atoms with Gasteiger partial charge in [-0.05, 0) is 34.1 Å². The Bertz CT molecular complexity index is 512. The molecular weight excluding hydrogens is 248 g/mol. The molecule has 0 radical (unpaired) electrons. The van der Waals surface area contributed by atoms with Crippen LogP contribution in [0.5, 0.6) is 0 Å². The number of carbonyl (C=O) groups excluding carboxylic acids is 1. The highest BCUT2D eigenvalue weighted by atomic mass is 32.2. The number of hydrogen-bond acceptors (Lipinski definition) is 5. The minimum Gasteiger partial charge on any atom is -0.298 e. The van der Waals surface area contributed by atoms with Crippen molar-refractivity contribution in [2.45, 2.75) is 44.0 Å². The van der Waals surface area contributed by atoms with Crippen molar-refractivity contribution in [1.82, 2.24) is 20.2 Å². The summed E-state index contributed by atoms with van der Waals surface area (Å²) >= 11 is 1.53. The summed E-state index contributed by atoms with van der Waals surface area (Å²) in [4.78, 5) is 12.5. The quantitative estimate of drug-likeness (QED) is 0.815. The van der Waals surface area contributed by atoms with Crippen molar-refractivity contribution >= 4 is 17.5 Å². The highest BCUT2D eigenvalue weighted by molar-refractivity contribution is 8.00. The predicted molar refractivity (Wildman–Crippen MR) is 68.1 cm³/mol. The number of nitrogens with zero attached hydrogens (tertiary/aromatic N) is 4. The van der Waals surface area contributed by atoms with Crippen molar-refractivity contribution in [2.75, 3.05) is 0 Å². The van der Waals surface area contributed by atoms with Crippen molar-refractivity contribution < 1.29 is 4.79 Å². The van der Waals surface area contributed by atoms with Gasteiger partial charge in [0.25, 0.3) is 0 Å². The van der Waals surface area contributed by atoms with Crippen LogP contribution in [0.3, 0.4) is 0 Å². The van der Waals surface area contributed by atoms with E-state index in [0.29, 0.717) is 5.78 Å². The van der Waals surface area contributed by atoms with Crippen LogP contribution in [0.2, 0.25) is 0 Å². The molecule has 0 unspecified atom stereocenters. The zero-order valence-corrected chi connectivity index (χ0v) is 12.0. The van der Waals surface area contributed by atoms with E-state index in [4.69, 9.17) is 0 Å². The molecule has 2 aliphatic carbocycles. The standard InChI is InChI=1S/C12H18N4OS/c1-11(2)7-5-6-12(11,3)9(8(7)17)18-10-13-14-15-16(10)4/h7,9H,5-6H2,1-4H3/t7-,9-,12+/m1/s1. The van der Waals surface area contributed by atoms with Gasteiger partial charge in [-0.25, -0.2) is 4.68 Å². The molecule has 2 aliphatic rings. The van der Waals surface area contributed by atoms with Gasteiger partial charge in [0, 0.05) is 13.0 Å². The number of carbonyl (C=O) groups is 1. The van der Waals surface area contributed by atoms with Crippen molar-refractivity contribution in [3.05, 3.63) is 0 Å². The highest BCUT2D eigenvalue weighted by Crippen LogP contribution is 2.67. The number of rotatable bonds is 2. The van der Waals surface area contributed by atoms with E-state index in [1.807, 2.05) is 7.05 Å². The maximum atomic E-state index is 12.5. The Balaban J connectivity index is 1.95. The first-order chi connectivity index (χ1) is 8.38. The van der Waals surface area contributed by atoms with Crippen LogP contribution in [0.25, 0.3) is 0 Å².